The predicted molar refractivity (Wildman–Crippen MR) is 117 cm³/mol. The quantitative estimate of drug-likeness (QED) is 0.453. The molecule has 2 aromatic heterocycles. The second-order valence-corrected chi connectivity index (χ2v) is 8.05. The highest BCUT2D eigenvalue weighted by atomic mass is 32.1. The molecule has 4 aromatic rings. The van der Waals surface area contributed by atoms with E-state index in [0.29, 0.717) is 48.5 Å². The average Bonchev–Trinajstić information content (AvgIpc) is 3.48. The molecule has 0 unspecified atom stereocenters. The van der Waals surface area contributed by atoms with Crippen LogP contribution in [0.15, 0.2) is 64.5 Å². The first-order valence-corrected chi connectivity index (χ1v) is 10.7. The van der Waals surface area contributed by atoms with Crippen LogP contribution in [-0.4, -0.2) is 29.3 Å². The number of anilines is 1. The van der Waals surface area contributed by atoms with Gasteiger partial charge in [0.15, 0.2) is 17.3 Å². The minimum atomic E-state index is -0.113. The molecular weight excluding hydrogens is 414 g/mol. The summed E-state index contributed by atoms with van der Waals surface area (Å²) in [6.07, 6.45) is 0. The standard InChI is InChI=1S/C23H19N3O4S/c1-15-24-22(30-25-15)16-4-6-17(7-5-16)23(27)26(14-19-3-2-12-31-19)18-8-9-20-21(13-18)29-11-10-28-20/h2-9,12-13H,10-11,14H2,1H3. The number of fused-ring (bicyclic) bond motifs is 1. The molecule has 0 N–H and O–H groups in total. The first-order valence-electron chi connectivity index (χ1n) is 9.82. The molecule has 31 heavy (non-hydrogen) atoms. The summed E-state index contributed by atoms with van der Waals surface area (Å²) in [6.45, 7) is 3.24. The lowest BCUT2D eigenvalue weighted by Gasteiger charge is -2.25. The zero-order valence-electron chi connectivity index (χ0n) is 16.8. The second-order valence-electron chi connectivity index (χ2n) is 7.02. The summed E-state index contributed by atoms with van der Waals surface area (Å²) in [7, 11) is 0. The van der Waals surface area contributed by atoms with Crippen molar-refractivity contribution >= 4 is 22.9 Å². The van der Waals surface area contributed by atoms with Gasteiger partial charge in [0.05, 0.1) is 6.54 Å². The monoisotopic (exact) mass is 433 g/mol. The first kappa shape index (κ1) is 19.3. The Hall–Kier alpha value is -3.65. The van der Waals surface area contributed by atoms with Crippen LogP contribution in [0.4, 0.5) is 5.69 Å². The molecule has 0 atom stereocenters. The molecule has 0 fully saturated rings. The number of carbonyl (C=O) groups is 1. The van der Waals surface area contributed by atoms with E-state index in [-0.39, 0.29) is 5.91 Å². The topological polar surface area (TPSA) is 77.7 Å². The number of hydrogen-bond acceptors (Lipinski definition) is 7. The fourth-order valence-corrected chi connectivity index (χ4v) is 4.06. The van der Waals surface area contributed by atoms with Crippen LogP contribution in [-0.2, 0) is 6.54 Å². The van der Waals surface area contributed by atoms with Crippen molar-refractivity contribution in [3.63, 3.8) is 0 Å². The fraction of sp³-hybridized carbons (Fsp3) is 0.174. The highest BCUT2D eigenvalue weighted by Gasteiger charge is 2.22. The maximum absolute atomic E-state index is 13.5. The van der Waals surface area contributed by atoms with Crippen molar-refractivity contribution in [3.05, 3.63) is 76.2 Å². The van der Waals surface area contributed by atoms with Gasteiger partial charge in [0, 0.05) is 27.8 Å². The minimum Gasteiger partial charge on any atom is -0.486 e. The van der Waals surface area contributed by atoms with Gasteiger partial charge in [-0.05, 0) is 54.8 Å². The number of rotatable bonds is 5. The molecule has 0 aliphatic carbocycles. The van der Waals surface area contributed by atoms with Crippen molar-refractivity contribution in [1.82, 2.24) is 10.1 Å². The molecule has 0 radical (unpaired) electrons. The molecule has 2 aromatic carbocycles. The van der Waals surface area contributed by atoms with Crippen molar-refractivity contribution in [2.24, 2.45) is 0 Å². The van der Waals surface area contributed by atoms with Crippen LogP contribution >= 0.6 is 11.3 Å². The van der Waals surface area contributed by atoms with Crippen LogP contribution in [0.2, 0.25) is 0 Å². The maximum atomic E-state index is 13.5. The van der Waals surface area contributed by atoms with Crippen LogP contribution in [0, 0.1) is 6.92 Å². The smallest absolute Gasteiger partial charge is 0.258 e. The molecular formula is C23H19N3O4S. The molecule has 8 heteroatoms. The van der Waals surface area contributed by atoms with Gasteiger partial charge in [0.2, 0.25) is 0 Å². The van der Waals surface area contributed by atoms with Gasteiger partial charge >= 0.3 is 0 Å². The summed E-state index contributed by atoms with van der Waals surface area (Å²) in [5, 5.41) is 5.82. The van der Waals surface area contributed by atoms with Gasteiger partial charge in [0.1, 0.15) is 13.2 Å². The number of thiophene rings is 1. The normalized spacial score (nSPS) is 12.5. The van der Waals surface area contributed by atoms with Crippen LogP contribution in [0.3, 0.4) is 0 Å². The number of carbonyl (C=O) groups excluding carboxylic acids is 1. The highest BCUT2D eigenvalue weighted by molar-refractivity contribution is 7.09. The Morgan fingerprint density at radius 2 is 1.87 bits per heavy atom. The van der Waals surface area contributed by atoms with Crippen LogP contribution in [0.5, 0.6) is 11.5 Å². The van der Waals surface area contributed by atoms with Gasteiger partial charge in [0.25, 0.3) is 11.8 Å². The molecule has 1 aliphatic rings. The number of amides is 1. The summed E-state index contributed by atoms with van der Waals surface area (Å²) >= 11 is 1.61. The van der Waals surface area contributed by atoms with Crippen molar-refractivity contribution < 1.29 is 18.8 Å². The summed E-state index contributed by atoms with van der Waals surface area (Å²) in [6, 6.07) is 16.8. The summed E-state index contributed by atoms with van der Waals surface area (Å²) in [5.74, 6) is 2.22. The third kappa shape index (κ3) is 4.02. The van der Waals surface area contributed by atoms with Crippen molar-refractivity contribution in [2.45, 2.75) is 13.5 Å². The van der Waals surface area contributed by atoms with E-state index in [1.165, 1.54) is 0 Å². The number of nitrogens with zero attached hydrogens (tertiary/aromatic N) is 3. The van der Waals surface area contributed by atoms with E-state index in [0.717, 1.165) is 16.1 Å². The Kier molecular flexibility index (Phi) is 5.13. The maximum Gasteiger partial charge on any atom is 0.258 e. The van der Waals surface area contributed by atoms with Gasteiger partial charge in [-0.25, -0.2) is 0 Å². The summed E-state index contributed by atoms with van der Waals surface area (Å²) < 4.78 is 16.5. The van der Waals surface area contributed by atoms with E-state index < -0.39 is 0 Å². The minimum absolute atomic E-state index is 0.113. The molecule has 3 heterocycles. The Morgan fingerprint density at radius 1 is 1.06 bits per heavy atom. The SMILES string of the molecule is Cc1noc(-c2ccc(C(=O)N(Cc3cccs3)c3ccc4c(c3)OCCO4)cc2)n1. The largest absolute Gasteiger partial charge is 0.486 e. The predicted octanol–water partition coefficient (Wildman–Crippen LogP) is 4.72. The number of aromatic nitrogens is 2. The second kappa shape index (κ2) is 8.23. The molecule has 0 bridgehead atoms. The Labute approximate surface area is 182 Å². The van der Waals surface area contributed by atoms with Crippen LogP contribution in [0.1, 0.15) is 21.1 Å². The summed E-state index contributed by atoms with van der Waals surface area (Å²) in [5.41, 5.74) is 2.08. The lowest BCUT2D eigenvalue weighted by molar-refractivity contribution is 0.0985. The molecule has 7 nitrogen and oxygen atoms in total. The molecule has 0 spiro atoms. The number of benzene rings is 2. The van der Waals surface area contributed by atoms with Crippen LogP contribution < -0.4 is 14.4 Å². The van der Waals surface area contributed by atoms with Gasteiger partial charge in [-0.3, -0.25) is 4.79 Å². The third-order valence-electron chi connectivity index (χ3n) is 4.88. The molecule has 5 rings (SSSR count). The zero-order valence-corrected chi connectivity index (χ0v) is 17.6. The fourth-order valence-electron chi connectivity index (χ4n) is 3.36. The molecule has 156 valence electrons. The first-order chi connectivity index (χ1) is 15.2. The highest BCUT2D eigenvalue weighted by Crippen LogP contribution is 2.35. The molecule has 0 saturated carbocycles. The van der Waals surface area contributed by atoms with E-state index in [1.807, 2.05) is 47.8 Å². The Morgan fingerprint density at radius 3 is 2.58 bits per heavy atom. The molecule has 1 amide bonds. The number of hydrogen-bond donors (Lipinski definition) is 0. The van der Waals surface area contributed by atoms with Crippen LogP contribution in [0.25, 0.3) is 11.5 Å². The molecule has 1 aliphatic heterocycles. The number of ether oxygens (including phenoxy) is 2. The van der Waals surface area contributed by atoms with E-state index in [1.54, 1.807) is 35.3 Å². The van der Waals surface area contributed by atoms with Crippen molar-refractivity contribution in [1.29, 1.82) is 0 Å². The van der Waals surface area contributed by atoms with E-state index in [9.17, 15) is 4.79 Å². The zero-order chi connectivity index (χ0) is 21.2. The Balaban J connectivity index is 1.46. The number of aryl methyl sites for hydroxylation is 1. The van der Waals surface area contributed by atoms with Gasteiger partial charge in [-0.2, -0.15) is 4.98 Å². The van der Waals surface area contributed by atoms with Crippen molar-refractivity contribution in [3.8, 4) is 23.0 Å². The van der Waals surface area contributed by atoms with E-state index in [4.69, 9.17) is 14.0 Å². The molecule has 0 saturated heterocycles. The van der Waals surface area contributed by atoms with E-state index >= 15 is 0 Å². The summed E-state index contributed by atoms with van der Waals surface area (Å²) in [4.78, 5) is 20.6. The lowest BCUT2D eigenvalue weighted by atomic mass is 10.1. The van der Waals surface area contributed by atoms with E-state index in [2.05, 4.69) is 10.1 Å². The van der Waals surface area contributed by atoms with Gasteiger partial charge in [-0.15, -0.1) is 11.3 Å². The lowest BCUT2D eigenvalue weighted by Crippen LogP contribution is -2.30. The van der Waals surface area contributed by atoms with Gasteiger partial charge in [-0.1, -0.05) is 11.2 Å². The van der Waals surface area contributed by atoms with Crippen molar-refractivity contribution in [2.75, 3.05) is 18.1 Å². The third-order valence-corrected chi connectivity index (χ3v) is 5.74. The Bertz CT molecular complexity index is 1200. The van der Waals surface area contributed by atoms with Gasteiger partial charge < -0.3 is 18.9 Å². The average molecular weight is 433 g/mol.